The SMILES string of the molecule is O=S(=O)(Nc1ncc(Br)nc1Br)c1ccc2c(c1)CCC2. The minimum atomic E-state index is -3.67. The summed E-state index contributed by atoms with van der Waals surface area (Å²) in [7, 11) is -3.67. The summed E-state index contributed by atoms with van der Waals surface area (Å²) in [6.07, 6.45) is 4.47. The van der Waals surface area contributed by atoms with E-state index in [-0.39, 0.29) is 10.7 Å². The highest BCUT2D eigenvalue weighted by Gasteiger charge is 2.20. The van der Waals surface area contributed by atoms with Crippen LogP contribution in [-0.2, 0) is 22.9 Å². The lowest BCUT2D eigenvalue weighted by Gasteiger charge is -2.10. The molecule has 0 fully saturated rings. The zero-order chi connectivity index (χ0) is 15.0. The molecule has 1 heterocycles. The fourth-order valence-corrected chi connectivity index (χ4v) is 4.42. The van der Waals surface area contributed by atoms with Gasteiger partial charge in [-0.2, -0.15) is 0 Å². The van der Waals surface area contributed by atoms with Crippen molar-refractivity contribution in [2.45, 2.75) is 24.2 Å². The summed E-state index contributed by atoms with van der Waals surface area (Å²) in [4.78, 5) is 8.32. The Morgan fingerprint density at radius 1 is 1.14 bits per heavy atom. The highest BCUT2D eigenvalue weighted by atomic mass is 79.9. The van der Waals surface area contributed by atoms with E-state index in [0.29, 0.717) is 9.21 Å². The lowest BCUT2D eigenvalue weighted by atomic mass is 10.1. The second kappa shape index (κ2) is 5.66. The molecule has 0 bridgehead atoms. The number of nitrogens with zero attached hydrogens (tertiary/aromatic N) is 2. The quantitative estimate of drug-likeness (QED) is 0.807. The number of benzene rings is 1. The van der Waals surface area contributed by atoms with Gasteiger partial charge in [0.25, 0.3) is 10.0 Å². The number of anilines is 1. The topological polar surface area (TPSA) is 72.0 Å². The van der Waals surface area contributed by atoms with Crippen molar-refractivity contribution in [1.82, 2.24) is 9.97 Å². The molecule has 1 aromatic heterocycles. The average Bonchev–Trinajstić information content (AvgIpc) is 2.89. The molecule has 1 aromatic carbocycles. The van der Waals surface area contributed by atoms with E-state index in [1.54, 1.807) is 12.1 Å². The van der Waals surface area contributed by atoms with E-state index in [1.807, 2.05) is 6.07 Å². The van der Waals surface area contributed by atoms with Crippen LogP contribution in [0.1, 0.15) is 17.5 Å². The largest absolute Gasteiger partial charge is 0.263 e. The number of sulfonamides is 1. The van der Waals surface area contributed by atoms with Gasteiger partial charge in [-0.05, 0) is 74.4 Å². The van der Waals surface area contributed by atoms with Crippen LogP contribution in [-0.4, -0.2) is 18.4 Å². The molecule has 0 saturated carbocycles. The number of aryl methyl sites for hydroxylation is 2. The van der Waals surface area contributed by atoms with Gasteiger partial charge in [0, 0.05) is 0 Å². The Kier molecular flexibility index (Phi) is 4.02. The van der Waals surface area contributed by atoms with Crippen molar-refractivity contribution in [1.29, 1.82) is 0 Å². The van der Waals surface area contributed by atoms with Gasteiger partial charge in [0.1, 0.15) is 4.60 Å². The number of rotatable bonds is 3. The maximum atomic E-state index is 12.4. The van der Waals surface area contributed by atoms with Gasteiger partial charge in [0.2, 0.25) is 0 Å². The molecule has 5 nitrogen and oxygen atoms in total. The molecule has 1 N–H and O–H groups in total. The van der Waals surface area contributed by atoms with Gasteiger partial charge in [-0.25, -0.2) is 18.4 Å². The second-order valence-electron chi connectivity index (χ2n) is 4.72. The second-order valence-corrected chi connectivity index (χ2v) is 7.97. The summed E-state index contributed by atoms with van der Waals surface area (Å²) in [6, 6.07) is 5.26. The fourth-order valence-electron chi connectivity index (χ4n) is 2.32. The summed E-state index contributed by atoms with van der Waals surface area (Å²) >= 11 is 6.37. The fraction of sp³-hybridized carbons (Fsp3) is 0.231. The normalized spacial score (nSPS) is 14.0. The first-order valence-corrected chi connectivity index (χ1v) is 9.35. The van der Waals surface area contributed by atoms with Crippen molar-refractivity contribution in [2.75, 3.05) is 4.72 Å². The lowest BCUT2D eigenvalue weighted by molar-refractivity contribution is 0.601. The molecule has 0 atom stereocenters. The molecule has 0 aliphatic heterocycles. The van der Waals surface area contributed by atoms with Gasteiger partial charge in [0.15, 0.2) is 10.4 Å². The van der Waals surface area contributed by atoms with Crippen LogP contribution in [0.25, 0.3) is 0 Å². The van der Waals surface area contributed by atoms with Crippen LogP contribution in [0.4, 0.5) is 5.82 Å². The van der Waals surface area contributed by atoms with Gasteiger partial charge in [0.05, 0.1) is 11.1 Å². The van der Waals surface area contributed by atoms with Crippen molar-refractivity contribution < 1.29 is 8.42 Å². The summed E-state index contributed by atoms with van der Waals surface area (Å²) in [5, 5.41) is 0. The average molecular weight is 433 g/mol. The molecule has 1 aliphatic carbocycles. The van der Waals surface area contributed by atoms with Gasteiger partial charge >= 0.3 is 0 Å². The maximum Gasteiger partial charge on any atom is 0.263 e. The van der Waals surface area contributed by atoms with Crippen molar-refractivity contribution >= 4 is 47.7 Å². The molecule has 0 saturated heterocycles. The number of halogens is 2. The molecule has 2 aromatic rings. The summed E-state index contributed by atoms with van der Waals surface area (Å²) in [6.45, 7) is 0. The van der Waals surface area contributed by atoms with Crippen molar-refractivity contribution in [3.05, 3.63) is 44.7 Å². The third-order valence-electron chi connectivity index (χ3n) is 3.31. The van der Waals surface area contributed by atoms with Gasteiger partial charge in [-0.15, -0.1) is 0 Å². The number of nitrogens with one attached hydrogen (secondary N) is 1. The Morgan fingerprint density at radius 3 is 2.67 bits per heavy atom. The molecule has 21 heavy (non-hydrogen) atoms. The number of aromatic nitrogens is 2. The predicted molar refractivity (Wildman–Crippen MR) is 86.7 cm³/mol. The Balaban J connectivity index is 1.93. The highest BCUT2D eigenvalue weighted by molar-refractivity contribution is 9.11. The minimum Gasteiger partial charge on any atom is -0.261 e. The number of fused-ring (bicyclic) bond motifs is 1. The standard InChI is InChI=1S/C13H11Br2N3O2S/c14-11-7-16-13(12(15)17-11)18-21(19,20)10-5-4-8-2-1-3-9(8)6-10/h4-7H,1-3H2,(H,16,18). The molecule has 0 spiro atoms. The van der Waals surface area contributed by atoms with Crippen LogP contribution >= 0.6 is 31.9 Å². The smallest absolute Gasteiger partial charge is 0.261 e. The van der Waals surface area contributed by atoms with Gasteiger partial charge in [-0.3, -0.25) is 4.72 Å². The molecule has 0 amide bonds. The van der Waals surface area contributed by atoms with Crippen molar-refractivity contribution in [3.8, 4) is 0 Å². The zero-order valence-electron chi connectivity index (χ0n) is 10.8. The molecule has 8 heteroatoms. The summed E-state index contributed by atoms with van der Waals surface area (Å²) < 4.78 is 28.2. The van der Waals surface area contributed by atoms with Crippen LogP contribution in [0.2, 0.25) is 0 Å². The maximum absolute atomic E-state index is 12.4. The Labute approximate surface area is 139 Å². The number of hydrogen-bond donors (Lipinski definition) is 1. The molecule has 0 radical (unpaired) electrons. The van der Waals surface area contributed by atoms with Crippen molar-refractivity contribution in [2.24, 2.45) is 0 Å². The number of hydrogen-bond acceptors (Lipinski definition) is 4. The van der Waals surface area contributed by atoms with E-state index in [1.165, 1.54) is 11.8 Å². The third kappa shape index (κ3) is 3.12. The lowest BCUT2D eigenvalue weighted by Crippen LogP contribution is -2.15. The van der Waals surface area contributed by atoms with Crippen LogP contribution in [0.3, 0.4) is 0 Å². The molecule has 3 rings (SSSR count). The Morgan fingerprint density at radius 2 is 1.90 bits per heavy atom. The monoisotopic (exact) mass is 431 g/mol. The first kappa shape index (κ1) is 14.9. The summed E-state index contributed by atoms with van der Waals surface area (Å²) in [5.74, 6) is 0.165. The Hall–Kier alpha value is -0.990. The van der Waals surface area contributed by atoms with Gasteiger partial charge in [-0.1, -0.05) is 6.07 Å². The van der Waals surface area contributed by atoms with Crippen LogP contribution in [0, 0.1) is 0 Å². The first-order chi connectivity index (χ1) is 9.95. The zero-order valence-corrected chi connectivity index (χ0v) is 14.8. The third-order valence-corrected chi connectivity index (χ3v) is 5.58. The summed E-state index contributed by atoms with van der Waals surface area (Å²) in [5.41, 5.74) is 2.34. The minimum absolute atomic E-state index is 0.165. The molecular formula is C13H11Br2N3O2S. The molecule has 1 aliphatic rings. The van der Waals surface area contributed by atoms with E-state index in [9.17, 15) is 8.42 Å². The highest BCUT2D eigenvalue weighted by Crippen LogP contribution is 2.27. The molecule has 110 valence electrons. The van der Waals surface area contributed by atoms with E-state index >= 15 is 0 Å². The molecular weight excluding hydrogens is 422 g/mol. The van der Waals surface area contributed by atoms with E-state index in [0.717, 1.165) is 24.8 Å². The van der Waals surface area contributed by atoms with E-state index < -0.39 is 10.0 Å². The van der Waals surface area contributed by atoms with Crippen LogP contribution < -0.4 is 4.72 Å². The predicted octanol–water partition coefficient (Wildman–Crippen LogP) is 3.29. The van der Waals surface area contributed by atoms with Gasteiger partial charge < -0.3 is 0 Å². The Bertz CT molecular complexity index is 809. The van der Waals surface area contributed by atoms with E-state index in [4.69, 9.17) is 0 Å². The van der Waals surface area contributed by atoms with E-state index in [2.05, 4.69) is 46.5 Å². The van der Waals surface area contributed by atoms with Crippen molar-refractivity contribution in [3.63, 3.8) is 0 Å². The van der Waals surface area contributed by atoms with Crippen LogP contribution in [0.5, 0.6) is 0 Å². The first-order valence-electron chi connectivity index (χ1n) is 6.28. The molecule has 0 unspecified atom stereocenters. The van der Waals surface area contributed by atoms with Crippen LogP contribution in [0.15, 0.2) is 38.5 Å².